The molecule has 0 fully saturated rings. The second-order valence-corrected chi connectivity index (χ2v) is 6.83. The Kier molecular flexibility index (Phi) is 10.1. The summed E-state index contributed by atoms with van der Waals surface area (Å²) in [4.78, 5) is 31.5. The number of carbonyl (C=O) groups excluding carboxylic acids is 2. The lowest BCUT2D eigenvalue weighted by atomic mass is 10.1. The second kappa shape index (κ2) is 12.3. The van der Waals surface area contributed by atoms with Gasteiger partial charge in [-0.3, -0.25) is 19.7 Å². The average Bonchev–Trinajstić information content (AvgIpc) is 2.64. The van der Waals surface area contributed by atoms with Gasteiger partial charge in [0.25, 0.3) is 5.69 Å². The van der Waals surface area contributed by atoms with Gasteiger partial charge in [-0.05, 0) is 37.8 Å². The third-order valence-electron chi connectivity index (χ3n) is 4.17. The van der Waals surface area contributed by atoms with Crippen molar-refractivity contribution < 1.29 is 14.5 Å². The number of amides is 2. The summed E-state index contributed by atoms with van der Waals surface area (Å²) >= 11 is 0. The van der Waals surface area contributed by atoms with Crippen LogP contribution in [0.2, 0.25) is 0 Å². The third kappa shape index (κ3) is 10.0. The number of benzene rings is 2. The zero-order valence-corrected chi connectivity index (χ0v) is 17.5. The predicted octanol–water partition coefficient (Wildman–Crippen LogP) is 3.26. The largest absolute Gasteiger partial charge is 0.356 e. The number of nitro benzene ring substituents is 1. The summed E-state index contributed by atoms with van der Waals surface area (Å²) in [5.74, 6) is -0.0614. The monoisotopic (exact) mass is 399 g/mol. The summed E-state index contributed by atoms with van der Waals surface area (Å²) in [7, 11) is 0. The van der Waals surface area contributed by atoms with Crippen molar-refractivity contribution in [2.75, 3.05) is 13.1 Å². The predicted molar refractivity (Wildman–Crippen MR) is 114 cm³/mol. The summed E-state index contributed by atoms with van der Waals surface area (Å²) in [6.07, 6.45) is 1.50. The van der Waals surface area contributed by atoms with E-state index in [2.05, 4.69) is 41.8 Å². The number of rotatable bonds is 7. The van der Waals surface area contributed by atoms with E-state index < -0.39 is 4.92 Å². The smallest absolute Gasteiger partial charge is 0.272 e. The summed E-state index contributed by atoms with van der Waals surface area (Å²) in [5.41, 5.74) is 4.15. The number of nitrogens with zero attached hydrogens (tertiary/aromatic N) is 1. The Morgan fingerprint density at radius 3 is 1.83 bits per heavy atom. The van der Waals surface area contributed by atoms with Crippen LogP contribution in [0.4, 0.5) is 5.69 Å². The fraction of sp³-hybridized carbons (Fsp3) is 0.364. The Labute approximate surface area is 171 Å². The molecule has 0 aliphatic heterocycles. The maximum Gasteiger partial charge on any atom is 0.272 e. The normalized spacial score (nSPS) is 9.79. The van der Waals surface area contributed by atoms with E-state index in [1.54, 1.807) is 19.1 Å². The molecule has 0 spiro atoms. The third-order valence-corrected chi connectivity index (χ3v) is 4.17. The molecule has 2 rings (SSSR count). The van der Waals surface area contributed by atoms with Crippen LogP contribution in [0.5, 0.6) is 0 Å². The minimum atomic E-state index is -0.392. The lowest BCUT2D eigenvalue weighted by Crippen LogP contribution is -2.22. The Bertz CT molecular complexity index is 832. The first-order chi connectivity index (χ1) is 13.7. The van der Waals surface area contributed by atoms with E-state index in [1.807, 2.05) is 6.07 Å². The first-order valence-electron chi connectivity index (χ1n) is 9.47. The summed E-state index contributed by atoms with van der Waals surface area (Å²) in [6.45, 7) is 7.97. The maximum atomic E-state index is 10.7. The SMILES string of the molecule is CC(=O)NCCc1ccc(C)c([N+](=O)[O-])c1.CC(=O)NCCc1ccc(C)cc1. The molecule has 0 aromatic heterocycles. The van der Waals surface area contributed by atoms with Crippen LogP contribution in [0.15, 0.2) is 42.5 Å². The van der Waals surface area contributed by atoms with Crippen molar-refractivity contribution >= 4 is 17.5 Å². The molecule has 0 unspecified atom stereocenters. The molecule has 0 atom stereocenters. The lowest BCUT2D eigenvalue weighted by Gasteiger charge is -2.03. The zero-order chi connectivity index (χ0) is 21.8. The molecule has 2 amide bonds. The van der Waals surface area contributed by atoms with Gasteiger partial charge >= 0.3 is 0 Å². The van der Waals surface area contributed by atoms with Crippen LogP contribution in [0.3, 0.4) is 0 Å². The molecule has 2 aromatic carbocycles. The molecule has 7 nitrogen and oxygen atoms in total. The van der Waals surface area contributed by atoms with E-state index in [4.69, 9.17) is 0 Å². The Hall–Kier alpha value is -3.22. The van der Waals surface area contributed by atoms with Crippen LogP contribution < -0.4 is 10.6 Å². The number of nitro groups is 1. The lowest BCUT2D eigenvalue weighted by molar-refractivity contribution is -0.385. The molecule has 156 valence electrons. The van der Waals surface area contributed by atoms with Crippen molar-refractivity contribution in [3.63, 3.8) is 0 Å². The summed E-state index contributed by atoms with van der Waals surface area (Å²) in [5, 5.41) is 16.1. The highest BCUT2D eigenvalue weighted by Gasteiger charge is 2.10. The van der Waals surface area contributed by atoms with Crippen molar-refractivity contribution in [3.05, 3.63) is 74.8 Å². The molecule has 2 N–H and O–H groups in total. The molecule has 0 radical (unpaired) electrons. The van der Waals surface area contributed by atoms with Gasteiger partial charge < -0.3 is 10.6 Å². The number of hydrogen-bond donors (Lipinski definition) is 2. The van der Waals surface area contributed by atoms with Crippen LogP contribution >= 0.6 is 0 Å². The van der Waals surface area contributed by atoms with Gasteiger partial charge in [0.2, 0.25) is 11.8 Å². The minimum absolute atomic E-state index is 0.0344. The highest BCUT2D eigenvalue weighted by molar-refractivity contribution is 5.73. The van der Waals surface area contributed by atoms with E-state index >= 15 is 0 Å². The van der Waals surface area contributed by atoms with E-state index in [-0.39, 0.29) is 17.5 Å². The van der Waals surface area contributed by atoms with Gasteiger partial charge in [0.15, 0.2) is 0 Å². The fourth-order valence-corrected chi connectivity index (χ4v) is 2.53. The molecular formula is C22H29N3O4. The highest BCUT2D eigenvalue weighted by atomic mass is 16.6. The van der Waals surface area contributed by atoms with Gasteiger partial charge in [-0.25, -0.2) is 0 Å². The molecule has 0 heterocycles. The highest BCUT2D eigenvalue weighted by Crippen LogP contribution is 2.19. The molecular weight excluding hydrogens is 370 g/mol. The van der Waals surface area contributed by atoms with Crippen molar-refractivity contribution in [1.82, 2.24) is 10.6 Å². The van der Waals surface area contributed by atoms with Gasteiger partial charge in [0.1, 0.15) is 0 Å². The van der Waals surface area contributed by atoms with E-state index in [0.717, 1.165) is 18.5 Å². The molecule has 2 aromatic rings. The maximum absolute atomic E-state index is 10.7. The molecule has 0 aliphatic rings. The van der Waals surface area contributed by atoms with Crippen molar-refractivity contribution in [1.29, 1.82) is 0 Å². The summed E-state index contributed by atoms with van der Waals surface area (Å²) in [6, 6.07) is 13.5. The Morgan fingerprint density at radius 2 is 1.34 bits per heavy atom. The Balaban J connectivity index is 0.000000296. The fourth-order valence-electron chi connectivity index (χ4n) is 2.53. The quantitative estimate of drug-likeness (QED) is 0.551. The van der Waals surface area contributed by atoms with Crippen molar-refractivity contribution in [2.45, 2.75) is 40.5 Å². The number of hydrogen-bond acceptors (Lipinski definition) is 4. The number of carbonyl (C=O) groups is 2. The summed E-state index contributed by atoms with van der Waals surface area (Å²) < 4.78 is 0. The molecule has 0 bridgehead atoms. The van der Waals surface area contributed by atoms with Crippen molar-refractivity contribution in [3.8, 4) is 0 Å². The molecule has 29 heavy (non-hydrogen) atoms. The van der Waals surface area contributed by atoms with Crippen LogP contribution in [0.25, 0.3) is 0 Å². The van der Waals surface area contributed by atoms with Gasteiger partial charge in [0.05, 0.1) is 4.92 Å². The van der Waals surface area contributed by atoms with Gasteiger partial charge in [0, 0.05) is 38.6 Å². The first-order valence-corrected chi connectivity index (χ1v) is 9.47. The van der Waals surface area contributed by atoms with Gasteiger partial charge in [-0.1, -0.05) is 42.0 Å². The van der Waals surface area contributed by atoms with E-state index in [1.165, 1.54) is 25.0 Å². The van der Waals surface area contributed by atoms with Crippen LogP contribution in [0, 0.1) is 24.0 Å². The van der Waals surface area contributed by atoms with Crippen LogP contribution in [-0.4, -0.2) is 29.8 Å². The first kappa shape index (κ1) is 23.8. The number of nitrogens with one attached hydrogen (secondary N) is 2. The molecule has 0 saturated carbocycles. The Morgan fingerprint density at radius 1 is 0.862 bits per heavy atom. The molecule has 7 heteroatoms. The van der Waals surface area contributed by atoms with Gasteiger partial charge in [-0.15, -0.1) is 0 Å². The average molecular weight is 399 g/mol. The standard InChI is InChI=1S/C11H14N2O3.C11H15NO/c1-8-3-4-10(5-6-12-9(2)14)7-11(8)13(15)16;1-9-3-5-11(6-4-9)7-8-12-10(2)13/h3-4,7H,5-6H2,1-2H3,(H,12,14);3-6H,7-8H2,1-2H3,(H,12,13). The topological polar surface area (TPSA) is 101 Å². The van der Waals surface area contributed by atoms with Crippen LogP contribution in [-0.2, 0) is 22.4 Å². The van der Waals surface area contributed by atoms with Crippen LogP contribution in [0.1, 0.15) is 36.1 Å². The second-order valence-electron chi connectivity index (χ2n) is 6.83. The molecule has 0 saturated heterocycles. The van der Waals surface area contributed by atoms with Gasteiger partial charge in [-0.2, -0.15) is 0 Å². The minimum Gasteiger partial charge on any atom is -0.356 e. The molecule has 0 aliphatic carbocycles. The van der Waals surface area contributed by atoms with E-state index in [0.29, 0.717) is 18.5 Å². The van der Waals surface area contributed by atoms with E-state index in [9.17, 15) is 19.7 Å². The van der Waals surface area contributed by atoms with Crippen molar-refractivity contribution in [2.24, 2.45) is 0 Å². The zero-order valence-electron chi connectivity index (χ0n) is 17.5. The number of aryl methyl sites for hydroxylation is 2.